The fraction of sp³-hybridized carbons (Fsp3) is 0.385. The van der Waals surface area contributed by atoms with E-state index in [-0.39, 0.29) is 23.8 Å². The lowest BCUT2D eigenvalue weighted by atomic mass is 10.2. The Hall–Kier alpha value is -1.35. The van der Waals surface area contributed by atoms with E-state index in [1.165, 1.54) is 25.3 Å². The fourth-order valence-electron chi connectivity index (χ4n) is 1.38. The van der Waals surface area contributed by atoms with Crippen LogP contribution >= 0.6 is 22.6 Å². The number of hydrogen-bond donors (Lipinski definition) is 2. The summed E-state index contributed by atoms with van der Waals surface area (Å²) >= 11 is 2.15. The number of amides is 1. The molecule has 7 heteroatoms. The van der Waals surface area contributed by atoms with Gasteiger partial charge in [-0.2, -0.15) is 0 Å². The van der Waals surface area contributed by atoms with E-state index in [0.717, 1.165) is 0 Å². The lowest BCUT2D eigenvalue weighted by Gasteiger charge is -2.11. The third kappa shape index (κ3) is 6.20. The van der Waals surface area contributed by atoms with Crippen LogP contribution in [0.25, 0.3) is 0 Å². The minimum Gasteiger partial charge on any atom is -0.507 e. The monoisotopic (exact) mass is 394 g/mol. The Labute approximate surface area is 132 Å². The van der Waals surface area contributed by atoms with Gasteiger partial charge in [-0.25, -0.2) is 4.79 Å². The topological polar surface area (TPSA) is 78.9 Å². The van der Waals surface area contributed by atoms with Crippen LogP contribution in [-0.2, 0) is 9.53 Å². The van der Waals surface area contributed by atoms with Crippen LogP contribution in [0.2, 0.25) is 0 Å². The zero-order chi connectivity index (χ0) is 15.7. The van der Waals surface area contributed by atoms with Gasteiger partial charge in [0.15, 0.2) is 0 Å². The van der Waals surface area contributed by atoms with Crippen LogP contribution in [0.5, 0.6) is 5.75 Å². The Balaban J connectivity index is 0.00000172. The quantitative estimate of drug-likeness (QED) is 0.462. The highest BCUT2D eigenvalue weighted by atomic mass is 127. The molecule has 2 N–H and O–H groups in total. The lowest BCUT2D eigenvalue weighted by Crippen LogP contribution is -2.27. The molecular formula is C13H19IN2O4. The largest absolute Gasteiger partial charge is 0.507 e. The van der Waals surface area contributed by atoms with Gasteiger partial charge in [0.2, 0.25) is 5.91 Å². The number of methoxy groups -OCH3 is 1. The number of phenolic OH excluding ortho intramolecular Hbond substituents is 1. The molecule has 0 aromatic heterocycles. The molecule has 1 rings (SSSR count). The Morgan fingerprint density at radius 2 is 1.95 bits per heavy atom. The molecule has 112 valence electrons. The van der Waals surface area contributed by atoms with Crippen LogP contribution in [0.4, 0.5) is 5.69 Å². The molecule has 0 aliphatic heterocycles. The van der Waals surface area contributed by atoms with Gasteiger partial charge in [-0.05, 0) is 31.2 Å². The van der Waals surface area contributed by atoms with Crippen molar-refractivity contribution in [2.24, 2.45) is 0 Å². The molecule has 0 saturated heterocycles. The average molecular weight is 394 g/mol. The number of esters is 1. The van der Waals surface area contributed by atoms with Crippen LogP contribution in [0.1, 0.15) is 10.4 Å². The van der Waals surface area contributed by atoms with E-state index in [1.807, 2.05) is 4.93 Å². The molecule has 0 unspecified atom stereocenters. The van der Waals surface area contributed by atoms with Crippen LogP contribution in [0, 0.1) is 0 Å². The van der Waals surface area contributed by atoms with E-state index in [4.69, 9.17) is 0 Å². The van der Waals surface area contributed by atoms with Crippen molar-refractivity contribution in [1.29, 1.82) is 0 Å². The highest BCUT2D eigenvalue weighted by Gasteiger charge is 2.12. The number of carbonyl (C=O) groups excluding carboxylic acids is 2. The van der Waals surface area contributed by atoms with E-state index in [2.05, 4.69) is 32.6 Å². The maximum Gasteiger partial charge on any atom is 0.341 e. The predicted molar refractivity (Wildman–Crippen MR) is 86.6 cm³/mol. The Morgan fingerprint density at radius 1 is 1.35 bits per heavy atom. The lowest BCUT2D eigenvalue weighted by molar-refractivity contribution is -0.116. The summed E-state index contributed by atoms with van der Waals surface area (Å²) in [6, 6.07) is 4.23. The number of hydrogen-bond acceptors (Lipinski definition) is 5. The molecule has 1 aromatic rings. The molecule has 0 spiro atoms. The number of halogens is 1. The van der Waals surface area contributed by atoms with E-state index < -0.39 is 5.97 Å². The molecule has 6 nitrogen and oxygen atoms in total. The van der Waals surface area contributed by atoms with E-state index in [9.17, 15) is 14.7 Å². The second-order valence-electron chi connectivity index (χ2n) is 4.01. The molecule has 0 aliphatic carbocycles. The summed E-state index contributed by atoms with van der Waals surface area (Å²) in [5.74, 6) is -1.06. The molecule has 0 saturated carbocycles. The van der Waals surface area contributed by atoms with Crippen molar-refractivity contribution in [3.05, 3.63) is 23.8 Å². The number of nitrogens with one attached hydrogen (secondary N) is 1. The number of aromatic hydroxyl groups is 1. The smallest absolute Gasteiger partial charge is 0.341 e. The number of phenols is 1. The molecule has 0 bridgehead atoms. The fourth-order valence-corrected chi connectivity index (χ4v) is 1.38. The van der Waals surface area contributed by atoms with E-state index in [0.29, 0.717) is 5.69 Å². The maximum atomic E-state index is 11.5. The minimum atomic E-state index is -0.626. The number of ether oxygens (including phenoxy) is 1. The Bertz CT molecular complexity index is 464. The first-order valence-electron chi connectivity index (χ1n) is 5.67. The number of carbonyl (C=O) groups is 2. The summed E-state index contributed by atoms with van der Waals surface area (Å²) in [6.07, 6.45) is 0. The summed E-state index contributed by atoms with van der Waals surface area (Å²) in [5.41, 5.74) is 0.482. The average Bonchev–Trinajstić information content (AvgIpc) is 2.39. The van der Waals surface area contributed by atoms with Crippen molar-refractivity contribution < 1.29 is 19.4 Å². The number of rotatable bonds is 4. The van der Waals surface area contributed by atoms with Gasteiger partial charge in [0.05, 0.1) is 13.7 Å². The molecule has 1 amide bonds. The van der Waals surface area contributed by atoms with Crippen molar-refractivity contribution in [2.45, 2.75) is 0 Å². The second-order valence-corrected chi connectivity index (χ2v) is 4.01. The molecule has 0 fully saturated rings. The first-order chi connectivity index (χ1) is 9.43. The zero-order valence-corrected chi connectivity index (χ0v) is 14.1. The van der Waals surface area contributed by atoms with Crippen LogP contribution in [-0.4, -0.2) is 54.6 Å². The molecular weight excluding hydrogens is 375 g/mol. The third-order valence-corrected chi connectivity index (χ3v) is 2.15. The predicted octanol–water partition coefficient (Wildman–Crippen LogP) is 1.73. The second kappa shape index (κ2) is 9.54. The molecule has 0 aliphatic rings. The number of nitrogens with zero attached hydrogens (tertiary/aromatic N) is 1. The van der Waals surface area contributed by atoms with Gasteiger partial charge in [-0.15, -0.1) is 0 Å². The van der Waals surface area contributed by atoms with Gasteiger partial charge in [0.25, 0.3) is 0 Å². The highest BCUT2D eigenvalue weighted by molar-refractivity contribution is 14.1. The molecule has 20 heavy (non-hydrogen) atoms. The Kier molecular flexibility index (Phi) is 8.89. The summed E-state index contributed by atoms with van der Waals surface area (Å²) in [6.45, 7) is 0.236. The van der Waals surface area contributed by atoms with Gasteiger partial charge in [-0.3, -0.25) is 4.79 Å². The van der Waals surface area contributed by atoms with Crippen molar-refractivity contribution in [3.8, 4) is 5.75 Å². The van der Waals surface area contributed by atoms with Crippen LogP contribution < -0.4 is 5.32 Å². The summed E-state index contributed by atoms with van der Waals surface area (Å²) in [7, 11) is 4.78. The van der Waals surface area contributed by atoms with E-state index >= 15 is 0 Å². The maximum absolute atomic E-state index is 11.5. The SMILES string of the molecule is CI.COC(=O)c1ccc(NC(=O)CN(C)C)cc1O. The Morgan fingerprint density at radius 3 is 2.40 bits per heavy atom. The van der Waals surface area contributed by atoms with Crippen molar-refractivity contribution in [2.75, 3.05) is 38.0 Å². The van der Waals surface area contributed by atoms with E-state index in [1.54, 1.807) is 19.0 Å². The van der Waals surface area contributed by atoms with Gasteiger partial charge in [0, 0.05) is 11.8 Å². The van der Waals surface area contributed by atoms with Crippen molar-refractivity contribution in [3.63, 3.8) is 0 Å². The summed E-state index contributed by atoms with van der Waals surface area (Å²) in [5, 5.41) is 12.2. The molecule has 0 heterocycles. The number of benzene rings is 1. The molecule has 0 radical (unpaired) electrons. The van der Waals surface area contributed by atoms with Crippen LogP contribution in [0.15, 0.2) is 18.2 Å². The first kappa shape index (κ1) is 18.7. The third-order valence-electron chi connectivity index (χ3n) is 2.15. The van der Waals surface area contributed by atoms with Crippen LogP contribution in [0.3, 0.4) is 0 Å². The first-order valence-corrected chi connectivity index (χ1v) is 7.83. The number of likely N-dealkylation sites (N-methyl/N-ethyl adjacent to an activating group) is 1. The van der Waals surface area contributed by atoms with Crippen molar-refractivity contribution >= 4 is 40.2 Å². The van der Waals surface area contributed by atoms with Crippen molar-refractivity contribution in [1.82, 2.24) is 4.90 Å². The normalized spacial score (nSPS) is 9.50. The number of alkyl halides is 1. The number of anilines is 1. The zero-order valence-electron chi connectivity index (χ0n) is 11.9. The van der Waals surface area contributed by atoms with Gasteiger partial charge < -0.3 is 20.1 Å². The standard InChI is InChI=1S/C12H16N2O4.CH3I/c1-14(2)7-11(16)13-8-4-5-9(10(15)6-8)12(17)18-3;1-2/h4-6,15H,7H2,1-3H3,(H,13,16);1H3. The van der Waals surface area contributed by atoms with Gasteiger partial charge in [-0.1, -0.05) is 22.6 Å². The molecule has 0 atom stereocenters. The summed E-state index contributed by atoms with van der Waals surface area (Å²) < 4.78 is 4.50. The van der Waals surface area contributed by atoms with Gasteiger partial charge >= 0.3 is 5.97 Å². The minimum absolute atomic E-state index is 0.0584. The highest BCUT2D eigenvalue weighted by Crippen LogP contribution is 2.22. The molecule has 1 aromatic carbocycles. The summed E-state index contributed by atoms with van der Waals surface area (Å²) in [4.78, 5) is 26.4. The van der Waals surface area contributed by atoms with Gasteiger partial charge in [0.1, 0.15) is 11.3 Å².